The molecule has 2 amide bonds. The van der Waals surface area contributed by atoms with Crippen LogP contribution in [0.5, 0.6) is 5.75 Å². The second-order valence-corrected chi connectivity index (χ2v) is 8.23. The highest BCUT2D eigenvalue weighted by molar-refractivity contribution is 6.42. The zero-order chi connectivity index (χ0) is 24.5. The fourth-order valence-corrected chi connectivity index (χ4v) is 3.56. The molecule has 0 heterocycles. The Morgan fingerprint density at radius 1 is 0.912 bits per heavy atom. The number of carbonyl (C=O) groups excluding carboxylic acids is 2. The monoisotopic (exact) mass is 497 g/mol. The normalized spacial score (nSPS) is 10.8. The van der Waals surface area contributed by atoms with E-state index in [0.29, 0.717) is 28.1 Å². The number of aryl methyl sites for hydroxylation is 2. The van der Waals surface area contributed by atoms with Crippen LogP contribution in [0.2, 0.25) is 10.0 Å². The Balaban J connectivity index is 1.52. The van der Waals surface area contributed by atoms with Gasteiger partial charge in [0.1, 0.15) is 12.4 Å². The van der Waals surface area contributed by atoms with Crippen molar-refractivity contribution in [3.05, 3.63) is 93.0 Å². The molecule has 3 aromatic carbocycles. The standard InChI is InChI=1S/C26H25Cl2N3O3/c1-3-19-6-5-7-20(4-2)24(19)30-25(32)26(33)31-29-15-17-8-11-21(12-9-17)34-16-18-10-13-22(27)23(28)14-18/h5-15H,3-4,16H2,1-2H3,(H,30,32)(H,31,33)/b29-15-. The summed E-state index contributed by atoms with van der Waals surface area (Å²) in [6, 6.07) is 18.3. The Bertz CT molecular complexity index is 1170. The van der Waals surface area contributed by atoms with E-state index < -0.39 is 11.8 Å². The molecular formula is C26H25Cl2N3O3. The molecular weight excluding hydrogens is 473 g/mol. The Morgan fingerprint density at radius 3 is 2.21 bits per heavy atom. The van der Waals surface area contributed by atoms with Crippen LogP contribution < -0.4 is 15.5 Å². The molecule has 0 radical (unpaired) electrons. The van der Waals surface area contributed by atoms with Crippen molar-refractivity contribution in [2.75, 3.05) is 5.32 Å². The Morgan fingerprint density at radius 2 is 1.59 bits per heavy atom. The van der Waals surface area contributed by atoms with Crippen LogP contribution in [0.3, 0.4) is 0 Å². The molecule has 0 aliphatic heterocycles. The summed E-state index contributed by atoms with van der Waals surface area (Å²) >= 11 is 11.9. The van der Waals surface area contributed by atoms with Gasteiger partial charge in [0.25, 0.3) is 0 Å². The highest BCUT2D eigenvalue weighted by atomic mass is 35.5. The fourth-order valence-electron chi connectivity index (χ4n) is 3.24. The first-order valence-electron chi connectivity index (χ1n) is 10.8. The molecule has 0 saturated heterocycles. The van der Waals surface area contributed by atoms with Crippen LogP contribution in [0.25, 0.3) is 0 Å². The molecule has 0 aliphatic rings. The van der Waals surface area contributed by atoms with E-state index in [9.17, 15) is 9.59 Å². The molecule has 8 heteroatoms. The Labute approximate surface area is 208 Å². The molecule has 0 bridgehead atoms. The quantitative estimate of drug-likeness (QED) is 0.235. The van der Waals surface area contributed by atoms with Gasteiger partial charge in [0, 0.05) is 5.69 Å². The van der Waals surface area contributed by atoms with E-state index in [1.54, 1.807) is 36.4 Å². The van der Waals surface area contributed by atoms with Crippen molar-refractivity contribution in [1.29, 1.82) is 0 Å². The number of anilines is 1. The third-order valence-electron chi connectivity index (χ3n) is 5.09. The van der Waals surface area contributed by atoms with Crippen LogP contribution in [0.4, 0.5) is 5.69 Å². The molecule has 34 heavy (non-hydrogen) atoms. The van der Waals surface area contributed by atoms with Crippen molar-refractivity contribution in [2.45, 2.75) is 33.3 Å². The summed E-state index contributed by atoms with van der Waals surface area (Å²) in [5.74, 6) is -0.947. The summed E-state index contributed by atoms with van der Waals surface area (Å²) < 4.78 is 5.74. The number of hydrazone groups is 1. The maximum atomic E-state index is 12.3. The van der Waals surface area contributed by atoms with Crippen LogP contribution in [-0.4, -0.2) is 18.0 Å². The van der Waals surface area contributed by atoms with Crippen LogP contribution in [0.1, 0.15) is 36.1 Å². The summed E-state index contributed by atoms with van der Waals surface area (Å²) in [5.41, 5.74) is 6.53. The van der Waals surface area contributed by atoms with Gasteiger partial charge in [-0.25, -0.2) is 5.43 Å². The summed E-state index contributed by atoms with van der Waals surface area (Å²) in [6.07, 6.45) is 2.94. The third kappa shape index (κ3) is 6.83. The maximum Gasteiger partial charge on any atom is 0.329 e. The molecule has 2 N–H and O–H groups in total. The lowest BCUT2D eigenvalue weighted by atomic mass is 10.0. The average Bonchev–Trinajstić information content (AvgIpc) is 2.85. The number of rotatable bonds is 8. The van der Waals surface area contributed by atoms with Gasteiger partial charge in [-0.05, 0) is 71.5 Å². The van der Waals surface area contributed by atoms with Crippen molar-refractivity contribution >= 4 is 46.9 Å². The predicted octanol–water partition coefficient (Wildman–Crippen LogP) is 5.79. The van der Waals surface area contributed by atoms with E-state index in [4.69, 9.17) is 27.9 Å². The molecule has 0 saturated carbocycles. The van der Waals surface area contributed by atoms with Gasteiger partial charge in [0.2, 0.25) is 0 Å². The number of hydrogen-bond donors (Lipinski definition) is 2. The van der Waals surface area contributed by atoms with Crippen molar-refractivity contribution in [3.8, 4) is 5.75 Å². The van der Waals surface area contributed by atoms with E-state index in [1.165, 1.54) is 6.21 Å². The number of nitrogens with one attached hydrogen (secondary N) is 2. The van der Waals surface area contributed by atoms with Gasteiger partial charge < -0.3 is 10.1 Å². The zero-order valence-electron chi connectivity index (χ0n) is 18.9. The average molecular weight is 498 g/mol. The predicted molar refractivity (Wildman–Crippen MR) is 137 cm³/mol. The SMILES string of the molecule is CCc1cccc(CC)c1NC(=O)C(=O)N/N=C\c1ccc(OCc2ccc(Cl)c(Cl)c2)cc1. The van der Waals surface area contributed by atoms with Gasteiger partial charge in [-0.3, -0.25) is 9.59 Å². The molecule has 176 valence electrons. The van der Waals surface area contributed by atoms with Gasteiger partial charge in [0.05, 0.1) is 16.3 Å². The van der Waals surface area contributed by atoms with E-state index in [1.807, 2.05) is 38.1 Å². The van der Waals surface area contributed by atoms with Gasteiger partial charge >= 0.3 is 11.8 Å². The highest BCUT2D eigenvalue weighted by Crippen LogP contribution is 2.24. The minimum absolute atomic E-state index is 0.344. The largest absolute Gasteiger partial charge is 0.489 e. The van der Waals surface area contributed by atoms with Gasteiger partial charge in [0.15, 0.2) is 0 Å². The summed E-state index contributed by atoms with van der Waals surface area (Å²) in [7, 11) is 0. The first kappa shape index (κ1) is 25.3. The van der Waals surface area contributed by atoms with E-state index in [0.717, 1.165) is 35.1 Å². The molecule has 0 fully saturated rings. The van der Waals surface area contributed by atoms with Crippen molar-refractivity contribution < 1.29 is 14.3 Å². The third-order valence-corrected chi connectivity index (χ3v) is 5.83. The van der Waals surface area contributed by atoms with Crippen molar-refractivity contribution in [1.82, 2.24) is 5.43 Å². The number of carbonyl (C=O) groups is 2. The first-order chi connectivity index (χ1) is 16.4. The van der Waals surface area contributed by atoms with E-state index >= 15 is 0 Å². The molecule has 0 aliphatic carbocycles. The molecule has 6 nitrogen and oxygen atoms in total. The lowest BCUT2D eigenvalue weighted by Crippen LogP contribution is -2.33. The van der Waals surface area contributed by atoms with Crippen LogP contribution in [-0.2, 0) is 29.0 Å². The minimum Gasteiger partial charge on any atom is -0.489 e. The lowest BCUT2D eigenvalue weighted by Gasteiger charge is -2.13. The number of amides is 2. The number of nitrogens with zero attached hydrogens (tertiary/aromatic N) is 1. The zero-order valence-corrected chi connectivity index (χ0v) is 20.4. The molecule has 0 spiro atoms. The van der Waals surface area contributed by atoms with Gasteiger partial charge in [-0.2, -0.15) is 5.10 Å². The van der Waals surface area contributed by atoms with E-state index in [2.05, 4.69) is 15.8 Å². The number of hydrogen-bond acceptors (Lipinski definition) is 4. The maximum absolute atomic E-state index is 12.3. The summed E-state index contributed by atoms with van der Waals surface area (Å²) in [4.78, 5) is 24.5. The van der Waals surface area contributed by atoms with Crippen molar-refractivity contribution in [3.63, 3.8) is 0 Å². The fraction of sp³-hybridized carbons (Fsp3) is 0.192. The Hall–Kier alpha value is -3.35. The van der Waals surface area contributed by atoms with Crippen molar-refractivity contribution in [2.24, 2.45) is 5.10 Å². The number of halogens is 2. The number of ether oxygens (including phenoxy) is 1. The molecule has 3 aromatic rings. The summed E-state index contributed by atoms with van der Waals surface area (Å²) in [6.45, 7) is 4.34. The number of benzene rings is 3. The topological polar surface area (TPSA) is 79.8 Å². The summed E-state index contributed by atoms with van der Waals surface area (Å²) in [5, 5.41) is 7.56. The van der Waals surface area contributed by atoms with E-state index in [-0.39, 0.29) is 0 Å². The Kier molecular flexibility index (Phi) is 9.08. The van der Waals surface area contributed by atoms with Crippen LogP contribution in [0.15, 0.2) is 65.8 Å². The molecule has 3 rings (SSSR count). The second-order valence-electron chi connectivity index (χ2n) is 7.42. The van der Waals surface area contributed by atoms with Gasteiger partial charge in [-0.1, -0.05) is 61.3 Å². The lowest BCUT2D eigenvalue weighted by molar-refractivity contribution is -0.136. The minimum atomic E-state index is -0.842. The van der Waals surface area contributed by atoms with Crippen LogP contribution >= 0.6 is 23.2 Å². The first-order valence-corrected chi connectivity index (χ1v) is 11.6. The second kappa shape index (κ2) is 12.2. The molecule has 0 unspecified atom stereocenters. The number of para-hydroxylation sites is 1. The smallest absolute Gasteiger partial charge is 0.329 e. The highest BCUT2D eigenvalue weighted by Gasteiger charge is 2.16. The van der Waals surface area contributed by atoms with Gasteiger partial charge in [-0.15, -0.1) is 0 Å². The molecule has 0 aromatic heterocycles. The van der Waals surface area contributed by atoms with Crippen LogP contribution in [0, 0.1) is 0 Å². The molecule has 0 atom stereocenters.